The predicted octanol–water partition coefficient (Wildman–Crippen LogP) is 2.33. The Hall–Kier alpha value is -3.00. The summed E-state index contributed by atoms with van der Waals surface area (Å²) in [7, 11) is 5.82. The molecule has 1 aromatic carbocycles. The summed E-state index contributed by atoms with van der Waals surface area (Å²) < 4.78 is 13.9. The van der Waals surface area contributed by atoms with Crippen LogP contribution in [-0.2, 0) is 0 Å². The van der Waals surface area contributed by atoms with Crippen molar-refractivity contribution in [3.8, 4) is 0 Å². The maximum atomic E-state index is 13.9. The van der Waals surface area contributed by atoms with Gasteiger partial charge in [-0.05, 0) is 37.0 Å². The average Bonchev–Trinajstić information content (AvgIpc) is 3.61. The van der Waals surface area contributed by atoms with Crippen molar-refractivity contribution in [2.24, 2.45) is 0 Å². The molecule has 1 radical (unpaired) electrons. The molecule has 0 amide bonds. The van der Waals surface area contributed by atoms with Crippen molar-refractivity contribution < 1.29 is 4.39 Å². The van der Waals surface area contributed by atoms with E-state index >= 15 is 0 Å². The summed E-state index contributed by atoms with van der Waals surface area (Å²) in [5, 5.41) is 3.06. The second kappa shape index (κ2) is 8.03. The van der Waals surface area contributed by atoms with Crippen LogP contribution in [0.1, 0.15) is 42.9 Å². The van der Waals surface area contributed by atoms with Gasteiger partial charge in [0.25, 0.3) is 0 Å². The fourth-order valence-electron chi connectivity index (χ4n) is 3.73. The molecule has 1 atom stereocenters. The number of anilines is 2. The normalized spacial score (nSPS) is 19.4. The van der Waals surface area contributed by atoms with E-state index in [0.29, 0.717) is 34.3 Å². The van der Waals surface area contributed by atoms with Crippen LogP contribution < -0.4 is 16.8 Å². The van der Waals surface area contributed by atoms with E-state index in [-0.39, 0.29) is 11.9 Å². The SMILES string of the molecule is C=C1c2c(F)cccc2C=C(CC)N1C1CC1.[B]=C(c1c(N)ncnc1N)C1CN1. The van der Waals surface area contributed by atoms with Crippen LogP contribution >= 0.6 is 0 Å². The molecule has 1 unspecified atom stereocenters. The molecule has 30 heavy (non-hydrogen) atoms. The van der Waals surface area contributed by atoms with Crippen molar-refractivity contribution in [1.29, 1.82) is 0 Å². The van der Waals surface area contributed by atoms with E-state index in [1.165, 1.54) is 30.9 Å². The number of nitrogens with two attached hydrogens (primary N) is 2. The van der Waals surface area contributed by atoms with Gasteiger partial charge in [-0.2, -0.15) is 0 Å². The number of nitrogens with one attached hydrogen (secondary N) is 1. The van der Waals surface area contributed by atoms with E-state index < -0.39 is 0 Å². The standard InChI is InChI=1S/C15H16FN.C7H9BN5/c1-3-12-9-11-5-4-6-14(16)15(11)10(2)17(12)13-7-8-13;8-5(3-1-11-3)4-6(9)12-2-13-7(4)10/h4-6,9,13H,2-3,7-8H2,1H3;2-3,11H,1H2,(H4,9,10,12,13). The summed E-state index contributed by atoms with van der Waals surface area (Å²) >= 11 is 0. The van der Waals surface area contributed by atoms with Gasteiger partial charge in [0.1, 0.15) is 5.82 Å². The molecule has 8 heteroatoms. The first kappa shape index (κ1) is 20.3. The van der Waals surface area contributed by atoms with Crippen LogP contribution in [0.3, 0.4) is 0 Å². The van der Waals surface area contributed by atoms with Crippen LogP contribution in [0.5, 0.6) is 0 Å². The molecule has 0 bridgehead atoms. The van der Waals surface area contributed by atoms with Gasteiger partial charge in [0.2, 0.25) is 0 Å². The molecule has 153 valence electrons. The Labute approximate surface area is 177 Å². The fourth-order valence-corrected chi connectivity index (χ4v) is 3.73. The first-order valence-electron chi connectivity index (χ1n) is 10.1. The van der Waals surface area contributed by atoms with Crippen molar-refractivity contribution in [3.63, 3.8) is 0 Å². The number of aromatic nitrogens is 2. The number of allylic oxidation sites excluding steroid dienone is 1. The Morgan fingerprint density at radius 2 is 1.97 bits per heavy atom. The minimum atomic E-state index is -0.162. The van der Waals surface area contributed by atoms with Gasteiger partial charge < -0.3 is 4.90 Å². The second-order valence-corrected chi connectivity index (χ2v) is 7.68. The van der Waals surface area contributed by atoms with Gasteiger partial charge in [0.05, 0.1) is 0 Å². The number of halogens is 1. The van der Waals surface area contributed by atoms with Gasteiger partial charge in [-0.25, -0.2) is 4.39 Å². The Bertz CT molecular complexity index is 1020. The van der Waals surface area contributed by atoms with Gasteiger partial charge in [-0.1, -0.05) is 25.6 Å². The van der Waals surface area contributed by atoms with Gasteiger partial charge in [-0.3, -0.25) is 0 Å². The van der Waals surface area contributed by atoms with Crippen LogP contribution in [0.25, 0.3) is 11.8 Å². The van der Waals surface area contributed by atoms with Crippen LogP contribution in [0.15, 0.2) is 36.8 Å². The summed E-state index contributed by atoms with van der Waals surface area (Å²) in [6.07, 6.45) is 6.78. The Morgan fingerprint density at radius 1 is 1.30 bits per heavy atom. The first-order chi connectivity index (χ1) is 14.4. The Morgan fingerprint density at radius 3 is 2.53 bits per heavy atom. The summed E-state index contributed by atoms with van der Waals surface area (Å²) in [6, 6.07) is 5.96. The molecule has 5 N–H and O–H groups in total. The van der Waals surface area contributed by atoms with E-state index in [1.54, 1.807) is 6.07 Å². The molecular formula is C22H25BFN6. The summed E-state index contributed by atoms with van der Waals surface area (Å²) in [5.41, 5.74) is 16.2. The molecule has 1 saturated carbocycles. The van der Waals surface area contributed by atoms with Crippen molar-refractivity contribution in [1.82, 2.24) is 20.2 Å². The first-order valence-corrected chi connectivity index (χ1v) is 10.1. The van der Waals surface area contributed by atoms with Gasteiger partial charge in [-0.15, -0.1) is 0 Å². The van der Waals surface area contributed by atoms with Crippen LogP contribution in [-0.4, -0.2) is 46.4 Å². The molecule has 1 saturated heterocycles. The molecular weight excluding hydrogens is 378 g/mol. The second-order valence-electron chi connectivity index (χ2n) is 7.68. The topological polar surface area (TPSA) is 103 Å². The molecule has 2 aromatic rings. The molecule has 0 spiro atoms. The van der Waals surface area contributed by atoms with Gasteiger partial charge in [0.15, 0.2) is 0 Å². The van der Waals surface area contributed by atoms with Crippen molar-refractivity contribution in [2.45, 2.75) is 38.3 Å². The van der Waals surface area contributed by atoms with Gasteiger partial charge in [0, 0.05) is 23.0 Å². The third-order valence-corrected chi connectivity index (χ3v) is 5.51. The average molecular weight is 403 g/mol. The maximum absolute atomic E-state index is 13.9. The number of hydrogen-bond acceptors (Lipinski definition) is 6. The van der Waals surface area contributed by atoms with E-state index in [2.05, 4.69) is 39.8 Å². The summed E-state index contributed by atoms with van der Waals surface area (Å²) in [6.45, 7) is 7.10. The van der Waals surface area contributed by atoms with E-state index in [0.717, 1.165) is 24.2 Å². The van der Waals surface area contributed by atoms with E-state index in [1.807, 2.05) is 6.07 Å². The third-order valence-electron chi connectivity index (χ3n) is 5.51. The van der Waals surface area contributed by atoms with Crippen LogP contribution in [0.2, 0.25) is 0 Å². The minimum absolute atomic E-state index is 0.162. The summed E-state index contributed by atoms with van der Waals surface area (Å²) in [4.78, 5) is 9.89. The van der Waals surface area contributed by atoms with Crippen LogP contribution in [0.4, 0.5) is 16.0 Å². The van der Waals surface area contributed by atoms with E-state index in [9.17, 15) is 4.39 Å². The Balaban J connectivity index is 0.000000151. The number of fused-ring (bicyclic) bond motifs is 1. The zero-order chi connectivity index (χ0) is 21.4. The molecule has 1 aliphatic carbocycles. The number of nitrogen functional groups attached to an aromatic ring is 2. The molecule has 3 aliphatic rings. The number of benzene rings is 1. The number of rotatable bonds is 4. The quantitative estimate of drug-likeness (QED) is 0.535. The molecule has 5 rings (SSSR count). The molecule has 1 aromatic heterocycles. The zero-order valence-electron chi connectivity index (χ0n) is 17.0. The molecule has 3 heterocycles. The van der Waals surface area contributed by atoms with Crippen molar-refractivity contribution in [2.75, 3.05) is 18.0 Å². The summed E-state index contributed by atoms with van der Waals surface area (Å²) in [5.74, 6) is 0.502. The predicted molar refractivity (Wildman–Crippen MR) is 121 cm³/mol. The monoisotopic (exact) mass is 403 g/mol. The fraction of sp³-hybridized carbons (Fsp3) is 0.318. The Kier molecular flexibility index (Phi) is 5.43. The molecule has 2 aliphatic heterocycles. The van der Waals surface area contributed by atoms with Crippen molar-refractivity contribution >= 4 is 36.4 Å². The van der Waals surface area contributed by atoms with Crippen molar-refractivity contribution in [3.05, 3.63) is 59.3 Å². The molecule has 2 fully saturated rings. The zero-order valence-corrected chi connectivity index (χ0v) is 17.0. The van der Waals surface area contributed by atoms with Gasteiger partial charge >= 0.3 is 75.8 Å². The number of nitrogens with zero attached hydrogens (tertiary/aromatic N) is 3. The third kappa shape index (κ3) is 3.87. The molecule has 6 nitrogen and oxygen atoms in total. The van der Waals surface area contributed by atoms with E-state index in [4.69, 9.17) is 19.0 Å². The van der Waals surface area contributed by atoms with Crippen LogP contribution in [0, 0.1) is 5.82 Å². The number of hydrogen-bond donors (Lipinski definition) is 3.